The molecule has 0 saturated carbocycles. The van der Waals surface area contributed by atoms with Crippen molar-refractivity contribution in [2.24, 2.45) is 0 Å². The van der Waals surface area contributed by atoms with E-state index in [1.165, 1.54) is 57.8 Å². The molecule has 0 unspecified atom stereocenters. The number of carbonyl (C=O) groups is 1. The van der Waals surface area contributed by atoms with E-state index in [2.05, 4.69) is 11.4 Å². The first kappa shape index (κ1) is 24.6. The fourth-order valence-electron chi connectivity index (χ4n) is 2.58. The van der Waals surface area contributed by atoms with Crippen molar-refractivity contribution in [1.82, 2.24) is 0 Å². The van der Waals surface area contributed by atoms with Gasteiger partial charge in [-0.1, -0.05) is 71.1 Å². The molecule has 150 valence electrons. The summed E-state index contributed by atoms with van der Waals surface area (Å²) < 4.78 is 19.8. The Kier molecular flexibility index (Phi) is 16.7. The summed E-state index contributed by atoms with van der Waals surface area (Å²) in [6.07, 6.45) is 15.2. The normalized spacial score (nSPS) is 11.6. The predicted octanol–water partition coefficient (Wildman–Crippen LogP) is 5.12. The highest BCUT2D eigenvalue weighted by Gasteiger charge is 2.12. The van der Waals surface area contributed by atoms with Crippen LogP contribution in [-0.2, 0) is 18.6 Å². The van der Waals surface area contributed by atoms with Crippen molar-refractivity contribution in [2.45, 2.75) is 96.8 Å². The van der Waals surface area contributed by atoms with Crippen LogP contribution in [0.1, 0.15) is 96.8 Å². The van der Waals surface area contributed by atoms with E-state index in [1.54, 1.807) is 0 Å². The number of ether oxygens (including phenoxy) is 1. The van der Waals surface area contributed by atoms with E-state index in [4.69, 9.17) is 14.5 Å². The highest BCUT2D eigenvalue weighted by Crippen LogP contribution is 2.35. The summed E-state index contributed by atoms with van der Waals surface area (Å²) >= 11 is 0. The molecule has 0 aromatic rings. The number of phosphoric ester groups is 1. The second-order valence-electron chi connectivity index (χ2n) is 6.54. The maximum absolute atomic E-state index is 11.5. The van der Waals surface area contributed by atoms with Gasteiger partial charge in [0, 0.05) is 6.42 Å². The zero-order valence-electron chi connectivity index (χ0n) is 15.8. The van der Waals surface area contributed by atoms with E-state index < -0.39 is 7.82 Å². The molecule has 2 N–H and O–H groups in total. The molecule has 0 radical (unpaired) electrons. The lowest BCUT2D eigenvalue weighted by Gasteiger charge is -2.06. The second kappa shape index (κ2) is 17.0. The summed E-state index contributed by atoms with van der Waals surface area (Å²) in [5, 5.41) is 0. The third kappa shape index (κ3) is 21.5. The Morgan fingerprint density at radius 2 is 1.24 bits per heavy atom. The Morgan fingerprint density at radius 3 is 1.76 bits per heavy atom. The van der Waals surface area contributed by atoms with Crippen LogP contribution >= 0.6 is 7.82 Å². The number of phosphoric acid groups is 1. The van der Waals surface area contributed by atoms with Gasteiger partial charge in [0.2, 0.25) is 0 Å². The summed E-state index contributed by atoms with van der Waals surface area (Å²) in [5.41, 5.74) is 0. The number of carbonyl (C=O) groups excluding carboxylic acids is 1. The second-order valence-corrected chi connectivity index (χ2v) is 7.78. The van der Waals surface area contributed by atoms with E-state index >= 15 is 0 Å². The third-order valence-electron chi connectivity index (χ3n) is 4.05. The van der Waals surface area contributed by atoms with Gasteiger partial charge in [-0.15, -0.1) is 0 Å². The van der Waals surface area contributed by atoms with Gasteiger partial charge in [-0.25, -0.2) is 4.57 Å². The molecule has 0 aliphatic rings. The number of rotatable bonds is 18. The minimum absolute atomic E-state index is 0.0273. The van der Waals surface area contributed by atoms with Gasteiger partial charge < -0.3 is 14.5 Å². The van der Waals surface area contributed by atoms with Crippen LogP contribution in [0.25, 0.3) is 0 Å². The molecule has 0 heterocycles. The summed E-state index contributed by atoms with van der Waals surface area (Å²) in [4.78, 5) is 28.5. The maximum atomic E-state index is 11.5. The van der Waals surface area contributed by atoms with E-state index in [0.717, 1.165) is 12.8 Å². The molecule has 0 saturated heterocycles. The lowest BCUT2D eigenvalue weighted by Crippen LogP contribution is -2.06. The van der Waals surface area contributed by atoms with Gasteiger partial charge in [0.1, 0.15) is 0 Å². The van der Waals surface area contributed by atoms with E-state index in [1.807, 2.05) is 0 Å². The van der Waals surface area contributed by atoms with Crippen LogP contribution < -0.4 is 0 Å². The highest BCUT2D eigenvalue weighted by molar-refractivity contribution is 7.46. The fraction of sp³-hybridized carbons (Fsp3) is 0.944. The van der Waals surface area contributed by atoms with Crippen molar-refractivity contribution < 1.29 is 28.4 Å². The van der Waals surface area contributed by atoms with Gasteiger partial charge in [-0.3, -0.25) is 9.32 Å². The first-order chi connectivity index (χ1) is 12.0. The first-order valence-corrected chi connectivity index (χ1v) is 11.3. The smallest absolute Gasteiger partial charge is 0.466 e. The monoisotopic (exact) mass is 380 g/mol. The van der Waals surface area contributed by atoms with Gasteiger partial charge >= 0.3 is 13.8 Å². The minimum Gasteiger partial charge on any atom is -0.466 e. The lowest BCUT2D eigenvalue weighted by molar-refractivity contribution is -0.143. The summed E-state index contributed by atoms with van der Waals surface area (Å²) in [7, 11) is -4.38. The molecular formula is C18H37O6P. The molecule has 0 rings (SSSR count). The van der Waals surface area contributed by atoms with Crippen LogP contribution in [0.2, 0.25) is 0 Å². The van der Waals surface area contributed by atoms with Crippen molar-refractivity contribution in [3.05, 3.63) is 0 Å². The Morgan fingerprint density at radius 1 is 0.760 bits per heavy atom. The summed E-state index contributed by atoms with van der Waals surface area (Å²) in [6, 6.07) is 0. The van der Waals surface area contributed by atoms with Crippen LogP contribution in [-0.4, -0.2) is 29.0 Å². The molecular weight excluding hydrogens is 343 g/mol. The van der Waals surface area contributed by atoms with Gasteiger partial charge in [-0.05, 0) is 19.3 Å². The minimum atomic E-state index is -4.38. The Hall–Kier alpha value is -0.420. The standard InChI is InChI=1S/C18H37O6P/c1-2-3-4-5-6-7-8-9-10-11-12-15-18(19)23-16-13-14-17-24-25(20,21)22/h2-17H2,1H3,(H2,20,21,22). The number of esters is 1. The highest BCUT2D eigenvalue weighted by atomic mass is 31.2. The molecule has 0 bridgehead atoms. The SMILES string of the molecule is CCCCCCCCCCCCCC(=O)OCCCCOP(=O)(O)O. The van der Waals surface area contributed by atoms with Gasteiger partial charge in [0.05, 0.1) is 13.2 Å². The molecule has 6 nitrogen and oxygen atoms in total. The Bertz CT molecular complexity index is 355. The predicted molar refractivity (Wildman–Crippen MR) is 99.3 cm³/mol. The van der Waals surface area contributed by atoms with Crippen LogP contribution in [0.5, 0.6) is 0 Å². The number of hydrogen-bond acceptors (Lipinski definition) is 4. The van der Waals surface area contributed by atoms with Crippen molar-refractivity contribution in [3.63, 3.8) is 0 Å². The van der Waals surface area contributed by atoms with Crippen molar-refractivity contribution >= 4 is 13.8 Å². The lowest BCUT2D eigenvalue weighted by atomic mass is 10.1. The van der Waals surface area contributed by atoms with Gasteiger partial charge in [-0.2, -0.15) is 0 Å². The van der Waals surface area contributed by atoms with Gasteiger partial charge in [0.25, 0.3) is 0 Å². The molecule has 0 aliphatic heterocycles. The molecule has 0 spiro atoms. The van der Waals surface area contributed by atoms with E-state index in [9.17, 15) is 9.36 Å². The summed E-state index contributed by atoms with van der Waals surface area (Å²) in [5.74, 6) is -0.188. The summed E-state index contributed by atoms with van der Waals surface area (Å²) in [6.45, 7) is 2.49. The zero-order chi connectivity index (χ0) is 18.8. The zero-order valence-corrected chi connectivity index (χ0v) is 16.7. The first-order valence-electron chi connectivity index (χ1n) is 9.81. The molecule has 0 fully saturated rings. The molecule has 7 heteroatoms. The van der Waals surface area contributed by atoms with Crippen LogP contribution in [0.3, 0.4) is 0 Å². The Labute approximate surface area is 152 Å². The fourth-order valence-corrected chi connectivity index (χ4v) is 2.95. The number of unbranched alkanes of at least 4 members (excludes halogenated alkanes) is 11. The quantitative estimate of drug-likeness (QED) is 0.195. The van der Waals surface area contributed by atoms with Crippen LogP contribution in [0.4, 0.5) is 0 Å². The van der Waals surface area contributed by atoms with E-state index in [0.29, 0.717) is 19.3 Å². The van der Waals surface area contributed by atoms with Crippen LogP contribution in [0.15, 0.2) is 0 Å². The molecule has 0 aromatic heterocycles. The van der Waals surface area contributed by atoms with Crippen molar-refractivity contribution in [3.8, 4) is 0 Å². The Balaban J connectivity index is 3.22. The molecule has 0 aromatic carbocycles. The van der Waals surface area contributed by atoms with Crippen LogP contribution in [0, 0.1) is 0 Å². The third-order valence-corrected chi connectivity index (χ3v) is 4.56. The number of hydrogen-bond donors (Lipinski definition) is 2. The molecule has 0 aliphatic carbocycles. The molecule has 0 amide bonds. The van der Waals surface area contributed by atoms with Crippen molar-refractivity contribution in [1.29, 1.82) is 0 Å². The molecule has 0 atom stereocenters. The maximum Gasteiger partial charge on any atom is 0.469 e. The largest absolute Gasteiger partial charge is 0.469 e. The van der Waals surface area contributed by atoms with Crippen molar-refractivity contribution in [2.75, 3.05) is 13.2 Å². The molecule has 25 heavy (non-hydrogen) atoms. The van der Waals surface area contributed by atoms with E-state index in [-0.39, 0.29) is 19.2 Å². The average Bonchev–Trinajstić information content (AvgIpc) is 2.55. The van der Waals surface area contributed by atoms with Gasteiger partial charge in [0.15, 0.2) is 0 Å². The average molecular weight is 380 g/mol. The topological polar surface area (TPSA) is 93.1 Å².